The van der Waals surface area contributed by atoms with Gasteiger partial charge in [0.05, 0.1) is 11.1 Å². The average Bonchev–Trinajstić information content (AvgIpc) is 4.06. The normalized spacial score (nSPS) is 11.8. The molecule has 0 bridgehead atoms. The van der Waals surface area contributed by atoms with E-state index in [0.717, 1.165) is 83.2 Å². The minimum atomic E-state index is 0.845. The fourth-order valence-corrected chi connectivity index (χ4v) is 10.9. The smallest absolute Gasteiger partial charge is 0.145 e. The van der Waals surface area contributed by atoms with Gasteiger partial charge in [0, 0.05) is 53.3 Å². The average molecular weight is 836 g/mol. The Hall–Kier alpha value is -8.18. The summed E-state index contributed by atoms with van der Waals surface area (Å²) in [4.78, 5) is 2.42. The SMILES string of the molecule is c1ccc(-c2ccc3c(c2)oc2c(-c4ccccc4)ccc(N(c4ccc5oc6ccccc6c5c4)c4ccc5sc6c(-c7ccccc7)ccc(-c7ccccc7)c6c5c4)c23)cc1. The van der Waals surface area contributed by atoms with Crippen molar-refractivity contribution in [2.75, 3.05) is 4.90 Å². The van der Waals surface area contributed by atoms with Crippen molar-refractivity contribution in [2.24, 2.45) is 0 Å². The van der Waals surface area contributed by atoms with Crippen LogP contribution in [0.25, 0.3) is 109 Å². The Kier molecular flexibility index (Phi) is 8.40. The van der Waals surface area contributed by atoms with Crippen LogP contribution >= 0.6 is 11.3 Å². The molecule has 3 heterocycles. The molecule has 13 rings (SSSR count). The van der Waals surface area contributed by atoms with E-state index in [1.165, 1.54) is 42.4 Å². The number of anilines is 3. The molecular weight excluding hydrogens is 799 g/mol. The second kappa shape index (κ2) is 14.7. The van der Waals surface area contributed by atoms with E-state index in [-0.39, 0.29) is 0 Å². The van der Waals surface area contributed by atoms with Gasteiger partial charge in [0.1, 0.15) is 22.3 Å². The van der Waals surface area contributed by atoms with Crippen LogP contribution in [0, 0.1) is 0 Å². The minimum absolute atomic E-state index is 0.845. The minimum Gasteiger partial charge on any atom is -0.456 e. The maximum atomic E-state index is 7.07. The number of hydrogen-bond donors (Lipinski definition) is 0. The van der Waals surface area contributed by atoms with Crippen molar-refractivity contribution in [3.8, 4) is 44.5 Å². The molecule has 300 valence electrons. The highest BCUT2D eigenvalue weighted by Crippen LogP contribution is 2.50. The van der Waals surface area contributed by atoms with E-state index in [2.05, 4.69) is 217 Å². The van der Waals surface area contributed by atoms with E-state index in [1.54, 1.807) is 0 Å². The van der Waals surface area contributed by atoms with Gasteiger partial charge < -0.3 is 13.7 Å². The van der Waals surface area contributed by atoms with E-state index >= 15 is 0 Å². The maximum absolute atomic E-state index is 7.07. The lowest BCUT2D eigenvalue weighted by Crippen LogP contribution is -2.10. The number of furan rings is 2. The van der Waals surface area contributed by atoms with E-state index in [9.17, 15) is 0 Å². The van der Waals surface area contributed by atoms with Crippen LogP contribution in [0.15, 0.2) is 233 Å². The van der Waals surface area contributed by atoms with Crippen molar-refractivity contribution in [1.82, 2.24) is 0 Å². The zero-order chi connectivity index (χ0) is 42.1. The molecule has 0 aliphatic carbocycles. The summed E-state index contributed by atoms with van der Waals surface area (Å²) in [5, 5.41) is 6.75. The van der Waals surface area contributed by atoms with E-state index in [1.807, 2.05) is 23.5 Å². The van der Waals surface area contributed by atoms with Gasteiger partial charge in [-0.25, -0.2) is 0 Å². The highest BCUT2D eigenvalue weighted by Gasteiger charge is 2.25. The van der Waals surface area contributed by atoms with Gasteiger partial charge >= 0.3 is 0 Å². The first-order chi connectivity index (χ1) is 31.7. The Morgan fingerprint density at radius 1 is 0.328 bits per heavy atom. The molecule has 0 radical (unpaired) electrons. The van der Waals surface area contributed by atoms with Crippen molar-refractivity contribution >= 4 is 92.4 Å². The van der Waals surface area contributed by atoms with Crippen molar-refractivity contribution in [2.45, 2.75) is 0 Å². The number of benzene rings is 10. The Morgan fingerprint density at radius 2 is 0.906 bits per heavy atom. The van der Waals surface area contributed by atoms with Crippen LogP contribution in [0.4, 0.5) is 17.1 Å². The summed E-state index contributed by atoms with van der Waals surface area (Å²) in [6.45, 7) is 0. The van der Waals surface area contributed by atoms with Crippen molar-refractivity contribution in [1.29, 1.82) is 0 Å². The third-order valence-corrected chi connectivity index (χ3v) is 13.9. The van der Waals surface area contributed by atoms with Crippen LogP contribution < -0.4 is 4.90 Å². The van der Waals surface area contributed by atoms with Crippen LogP contribution in [0.3, 0.4) is 0 Å². The number of para-hydroxylation sites is 1. The molecule has 10 aromatic carbocycles. The van der Waals surface area contributed by atoms with Gasteiger partial charge in [-0.3, -0.25) is 0 Å². The first-order valence-electron chi connectivity index (χ1n) is 21.7. The van der Waals surface area contributed by atoms with Gasteiger partial charge in [0.15, 0.2) is 0 Å². The molecule has 0 saturated heterocycles. The third kappa shape index (κ3) is 5.88. The molecule has 0 atom stereocenters. The van der Waals surface area contributed by atoms with Gasteiger partial charge in [0.2, 0.25) is 0 Å². The lowest BCUT2D eigenvalue weighted by atomic mass is 9.94. The van der Waals surface area contributed by atoms with Crippen LogP contribution in [0.5, 0.6) is 0 Å². The molecule has 0 saturated carbocycles. The van der Waals surface area contributed by atoms with Gasteiger partial charge in [0.25, 0.3) is 0 Å². The molecule has 0 aliphatic rings. The summed E-state index contributed by atoms with van der Waals surface area (Å²) in [5.74, 6) is 0. The summed E-state index contributed by atoms with van der Waals surface area (Å²) in [7, 11) is 0. The van der Waals surface area contributed by atoms with Gasteiger partial charge in [-0.1, -0.05) is 158 Å². The monoisotopic (exact) mass is 835 g/mol. The first-order valence-corrected chi connectivity index (χ1v) is 22.5. The van der Waals surface area contributed by atoms with E-state index in [0.29, 0.717) is 0 Å². The molecule has 0 aliphatic heterocycles. The molecule has 0 amide bonds. The lowest BCUT2D eigenvalue weighted by Gasteiger charge is -2.27. The quantitative estimate of drug-likeness (QED) is 0.160. The number of hydrogen-bond acceptors (Lipinski definition) is 4. The predicted octanol–water partition coefficient (Wildman–Crippen LogP) is 18.0. The summed E-state index contributed by atoms with van der Waals surface area (Å²) in [5.41, 5.74) is 15.8. The molecule has 3 nitrogen and oxygen atoms in total. The Balaban J connectivity index is 1.11. The predicted molar refractivity (Wildman–Crippen MR) is 270 cm³/mol. The number of thiophene rings is 1. The van der Waals surface area contributed by atoms with Crippen LogP contribution in [0.2, 0.25) is 0 Å². The van der Waals surface area contributed by atoms with Gasteiger partial charge in [-0.15, -0.1) is 11.3 Å². The highest BCUT2D eigenvalue weighted by molar-refractivity contribution is 7.26. The van der Waals surface area contributed by atoms with Crippen molar-refractivity contribution in [3.05, 3.63) is 224 Å². The number of fused-ring (bicyclic) bond motifs is 9. The molecular formula is C60H37NO2S. The molecule has 0 unspecified atom stereocenters. The zero-order valence-corrected chi connectivity index (χ0v) is 35.4. The summed E-state index contributed by atoms with van der Waals surface area (Å²) in [6, 6.07) is 80.3. The summed E-state index contributed by atoms with van der Waals surface area (Å²) in [6.07, 6.45) is 0. The molecule has 4 heteroatoms. The van der Waals surface area contributed by atoms with Crippen molar-refractivity contribution < 1.29 is 8.83 Å². The Labute approximate surface area is 373 Å². The number of nitrogens with zero attached hydrogens (tertiary/aromatic N) is 1. The standard InChI is InChI=1S/C60H37NO2S/c1-5-15-38(16-6-1)42-25-28-49-55(35-42)63-59-46(40-19-9-3-10-20-40)31-32-52(58(49)59)61(43-26-33-54-50(36-43)48-23-13-14-24-53(48)62-54)44-27-34-56-51(37-44)57-45(39-17-7-2-8-18-39)29-30-47(60(57)64-56)41-21-11-4-12-22-41/h1-37H. The first kappa shape index (κ1) is 36.5. The van der Waals surface area contributed by atoms with E-state index in [4.69, 9.17) is 8.83 Å². The third-order valence-electron chi connectivity index (χ3n) is 12.7. The highest BCUT2D eigenvalue weighted by atomic mass is 32.1. The number of rotatable bonds is 7. The van der Waals surface area contributed by atoms with Crippen LogP contribution in [-0.4, -0.2) is 0 Å². The fraction of sp³-hybridized carbons (Fsp3) is 0. The molecule has 3 aromatic heterocycles. The van der Waals surface area contributed by atoms with Gasteiger partial charge in [-0.2, -0.15) is 0 Å². The second-order valence-corrected chi connectivity index (χ2v) is 17.4. The zero-order valence-electron chi connectivity index (χ0n) is 34.5. The second-order valence-electron chi connectivity index (χ2n) is 16.4. The van der Waals surface area contributed by atoms with Gasteiger partial charge in [-0.05, 0) is 106 Å². The fourth-order valence-electron chi connectivity index (χ4n) is 9.69. The van der Waals surface area contributed by atoms with Crippen LogP contribution in [0.1, 0.15) is 0 Å². The molecule has 0 N–H and O–H groups in total. The molecule has 0 fully saturated rings. The lowest BCUT2D eigenvalue weighted by molar-refractivity contribution is 0.669. The van der Waals surface area contributed by atoms with Crippen molar-refractivity contribution in [3.63, 3.8) is 0 Å². The Morgan fingerprint density at radius 3 is 1.64 bits per heavy atom. The summed E-state index contributed by atoms with van der Waals surface area (Å²) < 4.78 is 16.0. The Bertz CT molecular complexity index is 3890. The molecule has 13 aromatic rings. The van der Waals surface area contributed by atoms with E-state index < -0.39 is 0 Å². The molecule has 0 spiro atoms. The molecule has 64 heavy (non-hydrogen) atoms. The topological polar surface area (TPSA) is 29.5 Å². The largest absolute Gasteiger partial charge is 0.456 e. The summed E-state index contributed by atoms with van der Waals surface area (Å²) >= 11 is 1.87. The maximum Gasteiger partial charge on any atom is 0.145 e. The van der Waals surface area contributed by atoms with Crippen LogP contribution in [-0.2, 0) is 0 Å².